The van der Waals surface area contributed by atoms with E-state index >= 15 is 0 Å². The van der Waals surface area contributed by atoms with Crippen LogP contribution in [0.4, 0.5) is 0 Å². The van der Waals surface area contributed by atoms with Crippen molar-refractivity contribution in [1.29, 1.82) is 0 Å². The first kappa shape index (κ1) is 17.2. The first-order valence-electron chi connectivity index (χ1n) is 7.15. The van der Waals surface area contributed by atoms with Gasteiger partial charge in [0.15, 0.2) is 0 Å². The molecule has 5 nitrogen and oxygen atoms in total. The van der Waals surface area contributed by atoms with E-state index in [9.17, 15) is 4.79 Å². The molecule has 0 bridgehead atoms. The van der Waals surface area contributed by atoms with Gasteiger partial charge in [0, 0.05) is 19.3 Å². The largest absolute Gasteiger partial charge is 0.380 e. The molecule has 1 aromatic heterocycles. The highest BCUT2D eigenvalue weighted by Crippen LogP contribution is 2.03. The van der Waals surface area contributed by atoms with Crippen molar-refractivity contribution in [2.45, 2.75) is 20.3 Å². The van der Waals surface area contributed by atoms with E-state index in [1.54, 1.807) is 18.3 Å². The summed E-state index contributed by atoms with van der Waals surface area (Å²) in [5.74, 6) is 5.95. The van der Waals surface area contributed by atoms with Crippen molar-refractivity contribution in [3.63, 3.8) is 0 Å². The average molecular weight is 289 g/mol. The first-order valence-corrected chi connectivity index (χ1v) is 7.15. The van der Waals surface area contributed by atoms with Gasteiger partial charge in [-0.15, -0.1) is 0 Å². The zero-order valence-electron chi connectivity index (χ0n) is 12.7. The topological polar surface area (TPSA) is 77.2 Å². The molecule has 0 saturated carbocycles. The summed E-state index contributed by atoms with van der Waals surface area (Å²) in [6, 6.07) is 3.50. The quantitative estimate of drug-likeness (QED) is 0.584. The van der Waals surface area contributed by atoms with Crippen molar-refractivity contribution < 1.29 is 9.53 Å². The number of rotatable bonds is 7. The first-order chi connectivity index (χ1) is 10.1. The number of ether oxygens (including phenoxy) is 1. The maximum Gasteiger partial charge on any atom is 0.271 e. The number of nitrogens with two attached hydrogens (primary N) is 1. The second-order valence-electron chi connectivity index (χ2n) is 4.96. The molecular weight excluding hydrogens is 266 g/mol. The van der Waals surface area contributed by atoms with Gasteiger partial charge in [-0.25, -0.2) is 4.98 Å². The molecule has 0 aliphatic rings. The molecule has 0 radical (unpaired) electrons. The molecule has 0 fully saturated rings. The Balaban J connectivity index is 2.42. The standard InChI is InChI=1S/C16H23N3O2/c1-13(2)7-11-21-12-10-19-16(20)15-14(5-3-8-17)6-4-9-18-15/h4,6,9,13H,7-8,10-12,17H2,1-2H3,(H,19,20). The highest BCUT2D eigenvalue weighted by Gasteiger charge is 2.10. The maximum atomic E-state index is 12.0. The minimum Gasteiger partial charge on any atom is -0.380 e. The Morgan fingerprint density at radius 3 is 3.00 bits per heavy atom. The normalized spacial score (nSPS) is 10.1. The molecule has 1 amide bonds. The molecule has 21 heavy (non-hydrogen) atoms. The van der Waals surface area contributed by atoms with Gasteiger partial charge in [0.2, 0.25) is 0 Å². The monoisotopic (exact) mass is 289 g/mol. The number of carbonyl (C=O) groups excluding carboxylic acids is 1. The van der Waals surface area contributed by atoms with Crippen molar-refractivity contribution in [2.75, 3.05) is 26.3 Å². The summed E-state index contributed by atoms with van der Waals surface area (Å²) in [6.45, 7) is 6.21. The Hall–Kier alpha value is -1.90. The molecule has 0 aromatic carbocycles. The molecule has 0 saturated heterocycles. The Labute approximate surface area is 126 Å². The lowest BCUT2D eigenvalue weighted by Crippen LogP contribution is -2.28. The van der Waals surface area contributed by atoms with Crippen LogP contribution in [0, 0.1) is 17.8 Å². The van der Waals surface area contributed by atoms with Crippen LogP contribution in [0.2, 0.25) is 0 Å². The van der Waals surface area contributed by atoms with Crippen LogP contribution in [0.3, 0.4) is 0 Å². The van der Waals surface area contributed by atoms with Gasteiger partial charge in [0.25, 0.3) is 5.91 Å². The van der Waals surface area contributed by atoms with Crippen LogP contribution >= 0.6 is 0 Å². The SMILES string of the molecule is CC(C)CCOCCNC(=O)c1ncccc1C#CCN. The van der Waals surface area contributed by atoms with Gasteiger partial charge in [-0.3, -0.25) is 4.79 Å². The van der Waals surface area contributed by atoms with Crippen LogP contribution in [-0.4, -0.2) is 37.2 Å². The molecule has 0 spiro atoms. The molecule has 5 heteroatoms. The molecule has 1 rings (SSSR count). The van der Waals surface area contributed by atoms with Gasteiger partial charge < -0.3 is 15.8 Å². The zero-order chi connectivity index (χ0) is 15.5. The fraction of sp³-hybridized carbons (Fsp3) is 0.500. The number of carbonyl (C=O) groups is 1. The fourth-order valence-corrected chi connectivity index (χ4v) is 1.57. The molecule has 0 aliphatic heterocycles. The van der Waals surface area contributed by atoms with Gasteiger partial charge in [-0.2, -0.15) is 0 Å². The lowest BCUT2D eigenvalue weighted by Gasteiger charge is -2.08. The van der Waals surface area contributed by atoms with Crippen LogP contribution in [-0.2, 0) is 4.74 Å². The van der Waals surface area contributed by atoms with Gasteiger partial charge in [-0.1, -0.05) is 25.7 Å². The number of hydrogen-bond acceptors (Lipinski definition) is 4. The van der Waals surface area contributed by atoms with E-state index in [0.29, 0.717) is 36.9 Å². The van der Waals surface area contributed by atoms with E-state index in [-0.39, 0.29) is 12.5 Å². The predicted molar refractivity (Wildman–Crippen MR) is 82.8 cm³/mol. The molecule has 1 heterocycles. The van der Waals surface area contributed by atoms with Crippen LogP contribution in [0.25, 0.3) is 0 Å². The second kappa shape index (κ2) is 9.92. The summed E-state index contributed by atoms with van der Waals surface area (Å²) in [6.07, 6.45) is 2.59. The molecule has 114 valence electrons. The van der Waals surface area contributed by atoms with Gasteiger partial charge in [0.1, 0.15) is 5.69 Å². The molecule has 0 unspecified atom stereocenters. The third-order valence-corrected chi connectivity index (χ3v) is 2.72. The fourth-order valence-electron chi connectivity index (χ4n) is 1.57. The summed E-state index contributed by atoms with van der Waals surface area (Å²) >= 11 is 0. The van der Waals surface area contributed by atoms with E-state index in [2.05, 4.69) is 36.0 Å². The van der Waals surface area contributed by atoms with E-state index in [4.69, 9.17) is 10.5 Å². The lowest BCUT2D eigenvalue weighted by molar-refractivity contribution is 0.0901. The number of nitrogens with zero attached hydrogens (tertiary/aromatic N) is 1. The molecule has 0 atom stereocenters. The van der Waals surface area contributed by atoms with Gasteiger partial charge >= 0.3 is 0 Å². The maximum absolute atomic E-state index is 12.0. The minimum absolute atomic E-state index is 0.246. The predicted octanol–water partition coefficient (Wildman–Crippen LogP) is 1.18. The van der Waals surface area contributed by atoms with E-state index in [1.807, 2.05) is 0 Å². The van der Waals surface area contributed by atoms with Crippen LogP contribution < -0.4 is 11.1 Å². The van der Waals surface area contributed by atoms with Gasteiger partial charge in [0.05, 0.1) is 18.7 Å². The zero-order valence-corrected chi connectivity index (χ0v) is 12.7. The summed E-state index contributed by atoms with van der Waals surface area (Å²) in [7, 11) is 0. The highest BCUT2D eigenvalue weighted by atomic mass is 16.5. The summed E-state index contributed by atoms with van der Waals surface area (Å²) in [5.41, 5.74) is 6.24. The molecule has 1 aromatic rings. The highest BCUT2D eigenvalue weighted by molar-refractivity contribution is 5.94. The third kappa shape index (κ3) is 6.89. The number of pyridine rings is 1. The smallest absolute Gasteiger partial charge is 0.271 e. The van der Waals surface area contributed by atoms with Crippen molar-refractivity contribution in [2.24, 2.45) is 11.7 Å². The van der Waals surface area contributed by atoms with Crippen molar-refractivity contribution in [3.05, 3.63) is 29.6 Å². The van der Waals surface area contributed by atoms with Crippen molar-refractivity contribution in [3.8, 4) is 11.8 Å². The van der Waals surface area contributed by atoms with Crippen LogP contribution in [0.1, 0.15) is 36.3 Å². The Morgan fingerprint density at radius 2 is 2.29 bits per heavy atom. The lowest BCUT2D eigenvalue weighted by atomic mass is 10.1. The Morgan fingerprint density at radius 1 is 1.48 bits per heavy atom. The number of aromatic nitrogens is 1. The van der Waals surface area contributed by atoms with Crippen molar-refractivity contribution >= 4 is 5.91 Å². The van der Waals surface area contributed by atoms with E-state index < -0.39 is 0 Å². The van der Waals surface area contributed by atoms with Crippen LogP contribution in [0.15, 0.2) is 18.3 Å². The third-order valence-electron chi connectivity index (χ3n) is 2.72. The summed E-state index contributed by atoms with van der Waals surface area (Å²) in [4.78, 5) is 16.1. The second-order valence-corrected chi connectivity index (χ2v) is 4.96. The molecule has 0 aliphatic carbocycles. The number of nitrogens with one attached hydrogen (secondary N) is 1. The Kier molecular flexibility index (Phi) is 8.10. The minimum atomic E-state index is -0.246. The summed E-state index contributed by atoms with van der Waals surface area (Å²) in [5, 5.41) is 2.78. The van der Waals surface area contributed by atoms with E-state index in [1.165, 1.54) is 0 Å². The number of amides is 1. The number of hydrogen-bond donors (Lipinski definition) is 2. The van der Waals surface area contributed by atoms with Crippen molar-refractivity contribution in [1.82, 2.24) is 10.3 Å². The van der Waals surface area contributed by atoms with Crippen LogP contribution in [0.5, 0.6) is 0 Å². The Bertz CT molecular complexity index is 504. The molecular formula is C16H23N3O2. The summed E-state index contributed by atoms with van der Waals surface area (Å²) < 4.78 is 5.45. The average Bonchev–Trinajstić information content (AvgIpc) is 2.48. The van der Waals surface area contributed by atoms with Gasteiger partial charge in [-0.05, 0) is 24.5 Å². The molecule has 3 N–H and O–H groups in total. The van der Waals surface area contributed by atoms with E-state index in [0.717, 1.165) is 6.42 Å².